The van der Waals surface area contributed by atoms with E-state index in [1.807, 2.05) is 20.8 Å². The smallest absolute Gasteiger partial charge is 0.405 e. The summed E-state index contributed by atoms with van der Waals surface area (Å²) in [6.45, 7) is 8.30. The molecule has 1 heterocycles. The largest absolute Gasteiger partial charge is 0.573 e. The average molecular weight is 568 g/mol. The second-order valence-electron chi connectivity index (χ2n) is 10.0. The monoisotopic (exact) mass is 567 g/mol. The molecule has 3 rings (SSSR count). The minimum absolute atomic E-state index is 0.0260. The normalized spacial score (nSPS) is 13.3. The van der Waals surface area contributed by atoms with E-state index in [-0.39, 0.29) is 34.2 Å². The van der Waals surface area contributed by atoms with Crippen molar-refractivity contribution in [3.63, 3.8) is 0 Å². The molecule has 0 aliphatic rings. The zero-order valence-corrected chi connectivity index (χ0v) is 23.2. The lowest BCUT2D eigenvalue weighted by atomic mass is 9.95. The van der Waals surface area contributed by atoms with Crippen molar-refractivity contribution < 1.29 is 36.2 Å². The van der Waals surface area contributed by atoms with Crippen LogP contribution in [0.2, 0.25) is 0 Å². The second-order valence-corrected chi connectivity index (χ2v) is 12.3. The summed E-state index contributed by atoms with van der Waals surface area (Å²) < 4.78 is 69.0. The van der Waals surface area contributed by atoms with E-state index in [9.17, 15) is 31.5 Å². The molecule has 12 heteroatoms. The van der Waals surface area contributed by atoms with Gasteiger partial charge in [-0.25, -0.2) is 13.4 Å². The molecule has 0 aliphatic carbocycles. The van der Waals surface area contributed by atoms with E-state index in [1.165, 1.54) is 49.4 Å². The maximum absolute atomic E-state index is 13.3. The Bertz CT molecular complexity index is 1430. The predicted molar refractivity (Wildman–Crippen MR) is 139 cm³/mol. The molecule has 8 nitrogen and oxygen atoms in total. The number of alkyl halides is 3. The number of sulfone groups is 1. The third-order valence-electron chi connectivity index (χ3n) is 6.14. The Labute approximate surface area is 225 Å². The zero-order valence-electron chi connectivity index (χ0n) is 22.3. The fourth-order valence-corrected chi connectivity index (χ4v) is 4.96. The average Bonchev–Trinajstić information content (AvgIpc) is 3.19. The van der Waals surface area contributed by atoms with Crippen LogP contribution in [0.5, 0.6) is 5.75 Å². The number of halogens is 3. The molecular formula is C27H32F3N3O5S. The van der Waals surface area contributed by atoms with Crippen molar-refractivity contribution in [2.24, 2.45) is 0 Å². The highest BCUT2D eigenvalue weighted by Gasteiger charge is 2.33. The molecule has 0 fully saturated rings. The molecule has 1 aromatic heterocycles. The van der Waals surface area contributed by atoms with E-state index in [4.69, 9.17) is 0 Å². The number of benzene rings is 2. The summed E-state index contributed by atoms with van der Waals surface area (Å²) in [7, 11) is -3.41. The highest BCUT2D eigenvalue weighted by Crippen LogP contribution is 2.30. The van der Waals surface area contributed by atoms with Crippen LogP contribution in [-0.2, 0) is 21.8 Å². The van der Waals surface area contributed by atoms with Crippen LogP contribution >= 0.6 is 0 Å². The van der Waals surface area contributed by atoms with Crippen LogP contribution in [0.25, 0.3) is 0 Å². The first-order valence-corrected chi connectivity index (χ1v) is 13.9. The summed E-state index contributed by atoms with van der Waals surface area (Å²) in [4.78, 5) is 18.0. The third kappa shape index (κ3) is 7.18. The maximum atomic E-state index is 13.3. The third-order valence-corrected chi connectivity index (χ3v) is 7.89. The Balaban J connectivity index is 1.95. The molecule has 0 saturated heterocycles. The highest BCUT2D eigenvalue weighted by molar-refractivity contribution is 7.91. The van der Waals surface area contributed by atoms with Gasteiger partial charge in [-0.1, -0.05) is 58.0 Å². The van der Waals surface area contributed by atoms with E-state index in [2.05, 4.69) is 15.0 Å². The number of carbonyl (C=O) groups is 1. The van der Waals surface area contributed by atoms with Gasteiger partial charge < -0.3 is 19.7 Å². The van der Waals surface area contributed by atoms with E-state index >= 15 is 0 Å². The van der Waals surface area contributed by atoms with Crippen molar-refractivity contribution in [1.29, 1.82) is 0 Å². The molecule has 39 heavy (non-hydrogen) atoms. The molecular weight excluding hydrogens is 535 g/mol. The molecule has 0 radical (unpaired) electrons. The van der Waals surface area contributed by atoms with Crippen LogP contribution in [0.1, 0.15) is 66.9 Å². The number of ether oxygens (including phenoxy) is 1. The molecule has 0 saturated carbocycles. The van der Waals surface area contributed by atoms with E-state index in [0.717, 1.165) is 0 Å². The number of aliphatic hydroxyl groups excluding tert-OH is 1. The van der Waals surface area contributed by atoms with Crippen molar-refractivity contribution >= 4 is 15.7 Å². The molecule has 1 unspecified atom stereocenters. The Kier molecular flexibility index (Phi) is 8.81. The van der Waals surface area contributed by atoms with Crippen molar-refractivity contribution in [2.45, 2.75) is 63.9 Å². The summed E-state index contributed by atoms with van der Waals surface area (Å²) >= 11 is 0. The van der Waals surface area contributed by atoms with Gasteiger partial charge in [-0.2, -0.15) is 0 Å². The molecule has 0 aliphatic heterocycles. The summed E-state index contributed by atoms with van der Waals surface area (Å²) in [5, 5.41) is 12.7. The number of imidazole rings is 1. The molecule has 1 amide bonds. The van der Waals surface area contributed by atoms with E-state index < -0.39 is 40.2 Å². The first-order chi connectivity index (χ1) is 18.1. The summed E-state index contributed by atoms with van der Waals surface area (Å²) in [6, 6.07) is 10.8. The maximum Gasteiger partial charge on any atom is 0.573 e. The van der Waals surface area contributed by atoms with Crippen molar-refractivity contribution in [3.05, 3.63) is 76.9 Å². The Hall–Kier alpha value is -3.38. The van der Waals surface area contributed by atoms with Gasteiger partial charge in [0.1, 0.15) is 17.3 Å². The van der Waals surface area contributed by atoms with Crippen molar-refractivity contribution in [2.75, 3.05) is 12.4 Å². The van der Waals surface area contributed by atoms with Gasteiger partial charge in [0.05, 0.1) is 29.8 Å². The van der Waals surface area contributed by atoms with Crippen LogP contribution in [-0.4, -0.2) is 47.7 Å². The van der Waals surface area contributed by atoms with Crippen molar-refractivity contribution in [1.82, 2.24) is 14.9 Å². The number of amides is 1. The van der Waals surface area contributed by atoms with Crippen LogP contribution in [0, 0.1) is 6.92 Å². The van der Waals surface area contributed by atoms with Gasteiger partial charge in [-0.15, -0.1) is 13.2 Å². The number of rotatable bonds is 9. The van der Waals surface area contributed by atoms with Gasteiger partial charge in [0, 0.05) is 16.7 Å². The van der Waals surface area contributed by atoms with Gasteiger partial charge >= 0.3 is 6.36 Å². The molecule has 3 aromatic rings. The lowest BCUT2D eigenvalue weighted by molar-refractivity contribution is -0.274. The van der Waals surface area contributed by atoms with Crippen molar-refractivity contribution in [3.8, 4) is 5.75 Å². The minimum atomic E-state index is -4.86. The lowest BCUT2D eigenvalue weighted by Crippen LogP contribution is -2.31. The highest BCUT2D eigenvalue weighted by atomic mass is 32.2. The lowest BCUT2D eigenvalue weighted by Gasteiger charge is -2.21. The number of aromatic nitrogens is 2. The number of nitrogens with zero attached hydrogens (tertiary/aromatic N) is 2. The Morgan fingerprint density at radius 2 is 1.72 bits per heavy atom. The number of aliphatic hydroxyl groups is 1. The number of carbonyl (C=O) groups excluding carboxylic acids is 1. The SMILES string of the molecule is CCS(=O)(=O)c1ccc(C(CO)NC(=O)c2nc(C(C)(C)C)n(Cc3ccccc3OC(F)(F)F)c2C)cc1. The molecule has 0 spiro atoms. The van der Waals surface area contributed by atoms with E-state index in [1.54, 1.807) is 17.6 Å². The summed E-state index contributed by atoms with van der Waals surface area (Å²) in [5.74, 6) is -0.530. The molecule has 2 aromatic carbocycles. The van der Waals surface area contributed by atoms with Crippen LogP contribution < -0.4 is 10.1 Å². The topological polar surface area (TPSA) is 111 Å². The molecule has 212 valence electrons. The number of para-hydroxylation sites is 1. The van der Waals surface area contributed by atoms with Crippen LogP contribution in [0.15, 0.2) is 53.4 Å². The Morgan fingerprint density at radius 1 is 1.10 bits per heavy atom. The molecule has 2 N–H and O–H groups in total. The fraction of sp³-hybridized carbons (Fsp3) is 0.407. The van der Waals surface area contributed by atoms with Gasteiger partial charge in [0.15, 0.2) is 9.84 Å². The first kappa shape index (κ1) is 30.2. The molecule has 0 bridgehead atoms. The summed E-state index contributed by atoms with van der Waals surface area (Å²) in [5.41, 5.74) is 0.647. The number of nitrogens with one attached hydrogen (secondary N) is 1. The van der Waals surface area contributed by atoms with E-state index in [0.29, 0.717) is 17.1 Å². The summed E-state index contributed by atoms with van der Waals surface area (Å²) in [6.07, 6.45) is -4.86. The Morgan fingerprint density at radius 3 is 2.26 bits per heavy atom. The number of hydrogen-bond acceptors (Lipinski definition) is 6. The van der Waals surface area contributed by atoms with Gasteiger partial charge in [-0.3, -0.25) is 4.79 Å². The van der Waals surface area contributed by atoms with Gasteiger partial charge in [-0.05, 0) is 30.7 Å². The second kappa shape index (κ2) is 11.4. The van der Waals surface area contributed by atoms with Gasteiger partial charge in [0.2, 0.25) is 0 Å². The predicted octanol–water partition coefficient (Wildman–Crippen LogP) is 4.69. The quantitative estimate of drug-likeness (QED) is 0.388. The number of hydrogen-bond donors (Lipinski definition) is 2. The molecule has 1 atom stereocenters. The fourth-order valence-electron chi connectivity index (χ4n) is 4.08. The minimum Gasteiger partial charge on any atom is -0.405 e. The van der Waals surface area contributed by atoms with Crippen LogP contribution in [0.3, 0.4) is 0 Å². The first-order valence-electron chi connectivity index (χ1n) is 12.2. The zero-order chi connectivity index (χ0) is 29.2. The van der Waals surface area contributed by atoms with Gasteiger partial charge in [0.25, 0.3) is 5.91 Å². The van der Waals surface area contributed by atoms with Crippen LogP contribution in [0.4, 0.5) is 13.2 Å². The standard InChI is InChI=1S/C27H32F3N3O5S/c1-6-39(36,37)20-13-11-18(12-14-20)21(16-34)31-24(35)23-17(2)33(25(32-23)26(3,4)5)15-19-9-7-8-10-22(19)38-27(28,29)30/h7-14,21,34H,6,15-16H2,1-5H3,(H,31,35).